The van der Waals surface area contributed by atoms with Gasteiger partial charge < -0.3 is 68.6 Å². The van der Waals surface area contributed by atoms with E-state index in [4.69, 9.17) is 27.3 Å². The predicted molar refractivity (Wildman–Crippen MR) is 454 cm³/mol. The molecule has 24 nitrogen and oxygen atoms in total. The van der Waals surface area contributed by atoms with Gasteiger partial charge in [0.15, 0.2) is 11.5 Å². The molecular weight excluding hydrogens is 1500 g/mol. The van der Waals surface area contributed by atoms with Gasteiger partial charge in [-0.15, -0.1) is 11.8 Å². The molecule has 0 radical (unpaired) electrons. The molecule has 1 heterocycles. The van der Waals surface area contributed by atoms with Crippen LogP contribution < -0.4 is 43.8 Å². The van der Waals surface area contributed by atoms with Crippen molar-refractivity contribution in [2.45, 2.75) is 201 Å². The number of thioether (sulfide) groups is 1. The highest BCUT2D eigenvalue weighted by molar-refractivity contribution is 7.98. The molecule has 113 heavy (non-hydrogen) atoms. The molecule has 8 aromatic rings. The lowest BCUT2D eigenvalue weighted by molar-refractivity contribution is -0.119. The van der Waals surface area contributed by atoms with Crippen LogP contribution in [-0.4, -0.2) is 115 Å². The summed E-state index contributed by atoms with van der Waals surface area (Å²) in [5.74, 6) is 2.11. The number of unbranched alkanes of at least 4 members (excludes halogenated alkanes) is 3. The second-order valence-electron chi connectivity index (χ2n) is 29.8. The summed E-state index contributed by atoms with van der Waals surface area (Å²) in [6.07, 6.45) is 10.7. The second kappa shape index (κ2) is 45.7. The summed E-state index contributed by atoms with van der Waals surface area (Å²) in [6.45, 7) is 34.0. The van der Waals surface area contributed by atoms with E-state index in [0.29, 0.717) is 76.2 Å². The van der Waals surface area contributed by atoms with Gasteiger partial charge in [-0.25, -0.2) is 23.3 Å². The Morgan fingerprint density at radius 2 is 1.27 bits per heavy atom. The molecular formula is C86H118N8O16S3. The predicted octanol–water partition coefficient (Wildman–Crippen LogP) is 19.8. The molecule has 7 aromatic carbocycles. The number of para-hydroxylation sites is 1. The molecule has 0 saturated heterocycles. The number of hydrogen-bond donors (Lipinski definition) is 9. The molecule has 616 valence electrons. The average Bonchev–Trinajstić information content (AvgIpc) is 1.23. The maximum atomic E-state index is 13.5. The van der Waals surface area contributed by atoms with Crippen molar-refractivity contribution in [2.24, 2.45) is 5.41 Å². The van der Waals surface area contributed by atoms with Crippen LogP contribution in [0.5, 0.6) is 46.0 Å². The Kier molecular flexibility index (Phi) is 37.8. The van der Waals surface area contributed by atoms with Gasteiger partial charge in [-0.1, -0.05) is 163 Å². The molecule has 2 atom stereocenters. The van der Waals surface area contributed by atoms with Crippen LogP contribution in [-0.2, 0) is 66.0 Å². The van der Waals surface area contributed by atoms with Gasteiger partial charge in [-0.05, 0) is 182 Å². The van der Waals surface area contributed by atoms with Crippen LogP contribution in [0.1, 0.15) is 186 Å². The molecule has 5 amide bonds. The number of phenols is 4. The van der Waals surface area contributed by atoms with Crippen molar-refractivity contribution in [3.8, 4) is 51.7 Å². The maximum Gasteiger partial charge on any atom is 0.414 e. The molecule has 1 aromatic heterocycles. The number of carbonyl (C=O) groups excluding carboxylic acids is 4. The largest absolute Gasteiger partial charge is 0.505 e. The number of rotatable bonds is 33. The normalized spacial score (nSPS) is 11.7. The first kappa shape index (κ1) is 93.6. The van der Waals surface area contributed by atoms with Crippen molar-refractivity contribution in [3.63, 3.8) is 0 Å². The molecule has 0 saturated carbocycles. The number of benzene rings is 7. The Hall–Kier alpha value is -9.96. The topological polar surface area (TPSA) is 320 Å². The van der Waals surface area contributed by atoms with E-state index in [1.54, 1.807) is 92.2 Å². The van der Waals surface area contributed by atoms with E-state index in [2.05, 4.69) is 111 Å². The summed E-state index contributed by atoms with van der Waals surface area (Å²) in [4.78, 5) is 50.5. The number of nitrogens with zero attached hydrogens (tertiary/aromatic N) is 3. The van der Waals surface area contributed by atoms with Crippen molar-refractivity contribution >= 4 is 81.0 Å². The Morgan fingerprint density at radius 1 is 0.619 bits per heavy atom. The number of aromatic nitrogens is 2. The number of amides is 5. The van der Waals surface area contributed by atoms with E-state index >= 15 is 0 Å². The van der Waals surface area contributed by atoms with E-state index in [9.17, 15) is 48.0 Å². The highest BCUT2D eigenvalue weighted by atomic mass is 32.2. The highest BCUT2D eigenvalue weighted by Gasteiger charge is 2.30. The van der Waals surface area contributed by atoms with E-state index in [-0.39, 0.29) is 75.6 Å². The number of hydrogen-bond acceptors (Lipinski definition) is 18. The third-order valence-corrected chi connectivity index (χ3v) is 20.3. The third-order valence-electron chi connectivity index (χ3n) is 17.6. The molecule has 2 unspecified atom stereocenters. The molecule has 0 fully saturated rings. The van der Waals surface area contributed by atoms with Gasteiger partial charge in [0, 0.05) is 56.2 Å². The summed E-state index contributed by atoms with van der Waals surface area (Å²) in [6, 6.07) is 36.2. The van der Waals surface area contributed by atoms with Crippen LogP contribution in [0.15, 0.2) is 144 Å². The summed E-state index contributed by atoms with van der Waals surface area (Å²) in [7, 11) is 4.54. The first-order valence-electron chi connectivity index (χ1n) is 38.1. The van der Waals surface area contributed by atoms with Gasteiger partial charge in [0.2, 0.25) is 17.0 Å². The fourth-order valence-corrected chi connectivity index (χ4v) is 13.8. The van der Waals surface area contributed by atoms with Crippen LogP contribution >= 0.6 is 11.8 Å². The van der Waals surface area contributed by atoms with Crippen LogP contribution in [0.3, 0.4) is 0 Å². The molecule has 9 N–H and O–H groups in total. The van der Waals surface area contributed by atoms with Crippen LogP contribution in [0.25, 0.3) is 5.69 Å². The molecule has 0 aliphatic heterocycles. The minimum absolute atomic E-state index is 0.0210. The van der Waals surface area contributed by atoms with Crippen molar-refractivity contribution < 1.29 is 75.3 Å². The summed E-state index contributed by atoms with van der Waals surface area (Å²) in [5, 5.41) is 56.8. The van der Waals surface area contributed by atoms with Gasteiger partial charge in [0.1, 0.15) is 41.1 Å². The van der Waals surface area contributed by atoms with Crippen LogP contribution in [0, 0.1) is 26.2 Å². The molecule has 0 aliphatic rings. The first-order chi connectivity index (χ1) is 53.5. The van der Waals surface area contributed by atoms with Gasteiger partial charge >= 0.3 is 29.5 Å². The van der Waals surface area contributed by atoms with Crippen molar-refractivity contribution in [2.75, 3.05) is 68.2 Å². The number of aromatic hydroxyl groups is 4. The summed E-state index contributed by atoms with van der Waals surface area (Å²) in [5.41, 5.74) is 8.60. The minimum atomic E-state index is -1.94. The van der Waals surface area contributed by atoms with Crippen LogP contribution in [0.4, 0.5) is 37.1 Å². The van der Waals surface area contributed by atoms with Gasteiger partial charge in [-0.2, -0.15) is 9.31 Å². The summed E-state index contributed by atoms with van der Waals surface area (Å²) < 4.78 is 62.6. The molecule has 0 spiro atoms. The van der Waals surface area contributed by atoms with E-state index in [0.717, 1.165) is 84.4 Å². The zero-order chi connectivity index (χ0) is 83.8. The second-order valence-corrected chi connectivity index (χ2v) is 32.8. The molecule has 27 heteroatoms. The minimum Gasteiger partial charge on any atom is -0.505 e. The SMILES string of the molecule is CCC(C)(C)c1cc(OC(=O)N(C)C)cc(NC(=O)COC)c1O.CCCCNC(=O)Nc1cc(SCc2cccc(C)c2)cc(CC)c1O.CCCCOC(=O)Nc1cc(S(=O)Oc2cc(C(C)(C)CC(C)(C)C)ccc2OCCCC)cc(CC)c1O.Cc1cnn(-c2cc(C)c(O)c(NS(=O)Oc3ccccc3)c2)c1. The lowest BCUT2D eigenvalue weighted by Crippen LogP contribution is -2.29. The van der Waals surface area contributed by atoms with Crippen molar-refractivity contribution in [1.82, 2.24) is 20.0 Å². The van der Waals surface area contributed by atoms with Crippen molar-refractivity contribution in [3.05, 3.63) is 178 Å². The Bertz CT molecular complexity index is 4470. The number of urea groups is 1. The fourth-order valence-electron chi connectivity index (χ4n) is 11.4. The van der Waals surface area contributed by atoms with Crippen molar-refractivity contribution in [1.29, 1.82) is 0 Å². The quantitative estimate of drug-likeness (QED) is 0.0105. The number of phenolic OH excluding ortho intramolecular Hbond substituents is 4. The number of carbonyl (C=O) groups is 4. The maximum absolute atomic E-state index is 13.5. The lowest BCUT2D eigenvalue weighted by Gasteiger charge is -2.33. The molecule has 8 rings (SSSR count). The number of aryl methyl sites for hydroxylation is 5. The zero-order valence-electron chi connectivity index (χ0n) is 69.1. The first-order valence-corrected chi connectivity index (χ1v) is 41.2. The molecule has 0 aliphatic carbocycles. The third kappa shape index (κ3) is 30.8. The van der Waals surface area contributed by atoms with Gasteiger partial charge in [-0.3, -0.25) is 14.8 Å². The Morgan fingerprint density at radius 3 is 1.88 bits per heavy atom. The monoisotopic (exact) mass is 1610 g/mol. The van der Waals surface area contributed by atoms with E-state index in [1.165, 1.54) is 35.3 Å². The van der Waals surface area contributed by atoms with Gasteiger partial charge in [0.25, 0.3) is 0 Å². The number of anilines is 4. The zero-order valence-corrected chi connectivity index (χ0v) is 71.5. The Labute approximate surface area is 677 Å². The molecule has 0 bridgehead atoms. The Balaban J connectivity index is 0.000000275. The average molecular weight is 1620 g/mol. The standard InChI is InChI=1S/C31H47NO6S.C21H28N2O2S.C17H17N3O3S.C17H26N2O5/c1-9-12-16-36-26-15-14-23(31(7,8)21-30(4,5)6)19-27(26)38-39(35)24-18-22(11-3)28(33)25(20-24)32-29(34)37-17-13-10-2;1-4-6-10-22-21(25)23-19-13-18(12-17(5-2)20(19)24)26-14-16-9-7-8-15(3)11-16;1-12-10-18-20(11-12)14-8-13(2)17(21)16(9-14)19-24(22)23-15-6-4-3-5-7-15;1-7-17(2,3)12-8-11(24-16(22)19(4)5)9-13(15(12)21)18-14(20)10-23-6/h14-15,18-20,33H,9-13,16-17,21H2,1-8H3,(H,32,34);7-9,11-13,24H,4-6,10,14H2,1-3H3,(H2,22,23,25);3-11,19,21H,1-2H3;8-9,21H,7,10H2,1-6H3,(H,18,20). The number of nitrogens with one attached hydrogen (secondary N) is 5. The number of ether oxygens (including phenoxy) is 4. The van der Waals surface area contributed by atoms with E-state index < -0.39 is 40.4 Å². The lowest BCUT2D eigenvalue weighted by atomic mass is 9.72. The van der Waals surface area contributed by atoms with E-state index in [1.807, 2.05) is 91.1 Å². The smallest absolute Gasteiger partial charge is 0.414 e. The van der Waals surface area contributed by atoms with Gasteiger partial charge in [0.05, 0.1) is 52.7 Å². The summed E-state index contributed by atoms with van der Waals surface area (Å²) >= 11 is -2.08. The van der Waals surface area contributed by atoms with Crippen LogP contribution in [0.2, 0.25) is 0 Å². The number of methoxy groups -OCH3 is 1. The highest BCUT2D eigenvalue weighted by Crippen LogP contribution is 2.44. The fraction of sp³-hybridized carbons (Fsp3) is 0.430.